The van der Waals surface area contributed by atoms with Crippen molar-refractivity contribution in [1.82, 2.24) is 0 Å². The van der Waals surface area contributed by atoms with Crippen molar-refractivity contribution < 1.29 is 24.0 Å². The van der Waals surface area contributed by atoms with Gasteiger partial charge in [-0.2, -0.15) is 0 Å². The molecule has 37 heavy (non-hydrogen) atoms. The first-order valence-corrected chi connectivity index (χ1v) is 12.0. The fourth-order valence-electron chi connectivity index (χ4n) is 5.07. The van der Waals surface area contributed by atoms with Gasteiger partial charge in [0.05, 0.1) is 32.0 Å². The molecule has 0 amide bonds. The van der Waals surface area contributed by atoms with E-state index in [1.165, 1.54) is 6.08 Å². The van der Waals surface area contributed by atoms with E-state index >= 15 is 0 Å². The molecule has 0 aromatic heterocycles. The highest BCUT2D eigenvalue weighted by molar-refractivity contribution is 6.10. The SMILES string of the molecule is COc1ccc(/C=C/C(=O)C2C(=O)C[C@H](c3ccc(OC)cc3)[C@H]([N+](=O)[O-])[C@H]2c2ccc(C)cc2)cc1. The number of rotatable bonds is 8. The van der Waals surface area contributed by atoms with Gasteiger partial charge < -0.3 is 9.47 Å². The van der Waals surface area contributed by atoms with Crippen LogP contribution in [0.25, 0.3) is 6.08 Å². The van der Waals surface area contributed by atoms with Gasteiger partial charge >= 0.3 is 0 Å². The van der Waals surface area contributed by atoms with Crippen molar-refractivity contribution in [2.45, 2.75) is 31.2 Å². The monoisotopic (exact) mass is 499 g/mol. The standard InChI is InChI=1S/C30H29NO6/c1-19-4-9-22(10-5-19)28-29(26(32)17-8-20-6-13-23(36-2)14-7-20)27(33)18-25(30(28)31(34)35)21-11-15-24(37-3)16-12-21/h4-17,25,28-30H,18H2,1-3H3/b17-8+/t25-,28+,29?,30+/m1/s1. The number of carbonyl (C=O) groups excluding carboxylic acids is 2. The third-order valence-corrected chi connectivity index (χ3v) is 7.02. The van der Waals surface area contributed by atoms with Crippen LogP contribution in [-0.4, -0.2) is 36.8 Å². The average molecular weight is 500 g/mol. The second-order valence-electron chi connectivity index (χ2n) is 9.25. The number of ether oxygens (including phenoxy) is 2. The van der Waals surface area contributed by atoms with E-state index in [9.17, 15) is 19.7 Å². The quantitative estimate of drug-likeness (QED) is 0.178. The third kappa shape index (κ3) is 5.61. The molecule has 1 unspecified atom stereocenters. The summed E-state index contributed by atoms with van der Waals surface area (Å²) in [4.78, 5) is 39.2. The minimum atomic E-state index is -1.16. The Kier molecular flexibility index (Phi) is 7.82. The predicted molar refractivity (Wildman–Crippen MR) is 141 cm³/mol. The molecule has 0 heterocycles. The average Bonchev–Trinajstić information content (AvgIpc) is 2.91. The highest BCUT2D eigenvalue weighted by atomic mass is 16.6. The molecule has 7 nitrogen and oxygen atoms in total. The first-order valence-electron chi connectivity index (χ1n) is 12.0. The lowest BCUT2D eigenvalue weighted by molar-refractivity contribution is -0.533. The van der Waals surface area contributed by atoms with Gasteiger partial charge in [0.15, 0.2) is 5.78 Å². The Hall–Kier alpha value is -4.26. The fraction of sp³-hybridized carbons (Fsp3) is 0.267. The molecule has 1 aliphatic carbocycles. The maximum atomic E-state index is 13.5. The summed E-state index contributed by atoms with van der Waals surface area (Å²) in [5.41, 5.74) is 3.02. The fourth-order valence-corrected chi connectivity index (χ4v) is 5.07. The van der Waals surface area contributed by atoms with Crippen LogP contribution in [0.3, 0.4) is 0 Å². The molecule has 190 valence electrons. The van der Waals surface area contributed by atoms with Crippen molar-refractivity contribution in [3.63, 3.8) is 0 Å². The summed E-state index contributed by atoms with van der Waals surface area (Å²) in [7, 11) is 3.11. The van der Waals surface area contributed by atoms with E-state index < -0.39 is 29.6 Å². The molecule has 4 atom stereocenters. The van der Waals surface area contributed by atoms with Gasteiger partial charge in [-0.1, -0.05) is 60.2 Å². The van der Waals surface area contributed by atoms with Crippen molar-refractivity contribution in [2.24, 2.45) is 5.92 Å². The van der Waals surface area contributed by atoms with E-state index in [4.69, 9.17) is 9.47 Å². The van der Waals surface area contributed by atoms with Gasteiger partial charge in [-0.15, -0.1) is 0 Å². The van der Waals surface area contributed by atoms with E-state index in [0.717, 1.165) is 11.1 Å². The van der Waals surface area contributed by atoms with Gasteiger partial charge in [-0.25, -0.2) is 0 Å². The van der Waals surface area contributed by atoms with Crippen LogP contribution in [-0.2, 0) is 9.59 Å². The molecule has 0 radical (unpaired) electrons. The van der Waals surface area contributed by atoms with Gasteiger partial charge in [0.25, 0.3) is 0 Å². The number of nitro groups is 1. The van der Waals surface area contributed by atoms with Gasteiger partial charge in [0.2, 0.25) is 6.04 Å². The zero-order valence-corrected chi connectivity index (χ0v) is 21.0. The van der Waals surface area contributed by atoms with Crippen LogP contribution in [0, 0.1) is 23.0 Å². The predicted octanol–water partition coefficient (Wildman–Crippen LogP) is 5.40. The highest BCUT2D eigenvalue weighted by Gasteiger charge is 2.53. The van der Waals surface area contributed by atoms with Crippen molar-refractivity contribution in [3.05, 3.63) is 111 Å². The van der Waals surface area contributed by atoms with Gasteiger partial charge in [0, 0.05) is 11.3 Å². The summed E-state index contributed by atoms with van der Waals surface area (Å²) in [5.74, 6) is -2.16. The minimum Gasteiger partial charge on any atom is -0.497 e. The molecule has 0 bridgehead atoms. The second kappa shape index (κ2) is 11.2. The normalized spacial score (nSPS) is 21.5. The lowest BCUT2D eigenvalue weighted by atomic mass is 9.64. The number of ketones is 2. The Balaban J connectivity index is 1.74. The van der Waals surface area contributed by atoms with Gasteiger partial charge in [0.1, 0.15) is 17.3 Å². The molecule has 7 heteroatoms. The molecular formula is C30H29NO6. The molecule has 3 aromatic carbocycles. The van der Waals surface area contributed by atoms with E-state index in [0.29, 0.717) is 22.6 Å². The number of hydrogen-bond acceptors (Lipinski definition) is 6. The number of aryl methyl sites for hydroxylation is 1. The summed E-state index contributed by atoms with van der Waals surface area (Å²) in [6.07, 6.45) is 2.89. The number of methoxy groups -OCH3 is 2. The maximum Gasteiger partial charge on any atom is 0.228 e. The van der Waals surface area contributed by atoms with Crippen molar-refractivity contribution in [1.29, 1.82) is 0 Å². The van der Waals surface area contributed by atoms with E-state index in [1.54, 1.807) is 81.0 Å². The van der Waals surface area contributed by atoms with Crippen LogP contribution < -0.4 is 9.47 Å². The Labute approximate surface area is 215 Å². The zero-order chi connectivity index (χ0) is 26.5. The van der Waals surface area contributed by atoms with Crippen LogP contribution in [0.15, 0.2) is 78.9 Å². The van der Waals surface area contributed by atoms with E-state index in [1.807, 2.05) is 19.1 Å². The van der Waals surface area contributed by atoms with Crippen molar-refractivity contribution in [2.75, 3.05) is 14.2 Å². The van der Waals surface area contributed by atoms with Crippen LogP contribution in [0.4, 0.5) is 0 Å². The minimum absolute atomic E-state index is 0.0902. The Morgan fingerprint density at radius 3 is 1.97 bits per heavy atom. The summed E-state index contributed by atoms with van der Waals surface area (Å²) < 4.78 is 10.4. The largest absolute Gasteiger partial charge is 0.497 e. The molecule has 1 fully saturated rings. The maximum absolute atomic E-state index is 13.5. The summed E-state index contributed by atoms with van der Waals surface area (Å²) >= 11 is 0. The molecule has 0 saturated heterocycles. The molecule has 1 saturated carbocycles. The van der Waals surface area contributed by atoms with E-state index in [-0.39, 0.29) is 17.1 Å². The molecule has 4 rings (SSSR count). The number of carbonyl (C=O) groups is 2. The number of nitrogens with zero attached hydrogens (tertiary/aromatic N) is 1. The molecule has 1 aliphatic rings. The van der Waals surface area contributed by atoms with Gasteiger partial charge in [-0.05, 0) is 54.0 Å². The molecule has 0 aliphatic heterocycles. The Morgan fingerprint density at radius 2 is 1.43 bits per heavy atom. The first kappa shape index (κ1) is 25.8. The number of allylic oxidation sites excluding steroid dienone is 1. The lowest BCUT2D eigenvalue weighted by Crippen LogP contribution is -2.48. The topological polar surface area (TPSA) is 95.7 Å². The van der Waals surface area contributed by atoms with Crippen LogP contribution in [0.2, 0.25) is 0 Å². The van der Waals surface area contributed by atoms with Crippen molar-refractivity contribution >= 4 is 17.6 Å². The molecule has 0 spiro atoms. The van der Waals surface area contributed by atoms with Crippen LogP contribution >= 0.6 is 0 Å². The van der Waals surface area contributed by atoms with Crippen molar-refractivity contribution in [3.8, 4) is 11.5 Å². The first-order chi connectivity index (χ1) is 17.8. The third-order valence-electron chi connectivity index (χ3n) is 7.02. The summed E-state index contributed by atoms with van der Waals surface area (Å²) in [5, 5.41) is 12.6. The number of hydrogen-bond donors (Lipinski definition) is 0. The van der Waals surface area contributed by atoms with Crippen LogP contribution in [0.1, 0.15) is 40.5 Å². The lowest BCUT2D eigenvalue weighted by Gasteiger charge is -2.36. The molecule has 3 aromatic rings. The highest BCUT2D eigenvalue weighted by Crippen LogP contribution is 2.45. The second-order valence-corrected chi connectivity index (χ2v) is 9.25. The summed E-state index contributed by atoms with van der Waals surface area (Å²) in [6, 6.07) is 20.2. The Bertz CT molecular complexity index is 1300. The Morgan fingerprint density at radius 1 is 0.892 bits per heavy atom. The molecular weight excluding hydrogens is 470 g/mol. The van der Waals surface area contributed by atoms with E-state index in [2.05, 4.69) is 0 Å². The summed E-state index contributed by atoms with van der Waals surface area (Å²) in [6.45, 7) is 1.92. The van der Waals surface area contributed by atoms with Crippen LogP contribution in [0.5, 0.6) is 11.5 Å². The molecule has 0 N–H and O–H groups in total. The van der Waals surface area contributed by atoms with Gasteiger partial charge in [-0.3, -0.25) is 19.7 Å². The number of Topliss-reactive ketones (excluding diaryl/α,β-unsaturated/α-hetero) is 1. The zero-order valence-electron chi connectivity index (χ0n) is 21.0. The smallest absolute Gasteiger partial charge is 0.228 e. The number of benzene rings is 3.